The fraction of sp³-hybridized carbons (Fsp3) is 0.733. The van der Waals surface area contributed by atoms with Crippen molar-refractivity contribution in [3.05, 3.63) is 18.0 Å². The van der Waals surface area contributed by atoms with E-state index in [1.54, 1.807) is 0 Å². The molecule has 2 aliphatic rings. The highest BCUT2D eigenvalue weighted by Gasteiger charge is 2.23. The molecule has 1 saturated carbocycles. The normalized spacial score (nSPS) is 25.0. The van der Waals surface area contributed by atoms with Gasteiger partial charge in [0, 0.05) is 25.8 Å². The molecule has 0 radical (unpaired) electrons. The molecule has 2 heterocycles. The third-order valence-electron chi connectivity index (χ3n) is 4.47. The van der Waals surface area contributed by atoms with Crippen LogP contribution in [0, 0.1) is 0 Å². The molecule has 0 amide bonds. The molecule has 0 aromatic carbocycles. The zero-order valence-corrected chi connectivity index (χ0v) is 13.2. The minimum absolute atomic E-state index is 0.116. The van der Waals surface area contributed by atoms with Crippen LogP contribution < -0.4 is 5.73 Å². The van der Waals surface area contributed by atoms with E-state index < -0.39 is 0 Å². The van der Waals surface area contributed by atoms with Crippen LogP contribution in [0.3, 0.4) is 0 Å². The smallest absolute Gasteiger partial charge is 0.120 e. The van der Waals surface area contributed by atoms with Crippen LogP contribution in [0.5, 0.6) is 0 Å². The van der Waals surface area contributed by atoms with Crippen LogP contribution in [-0.4, -0.2) is 45.5 Å². The number of thiocarbonyl (C=S) groups is 1. The summed E-state index contributed by atoms with van der Waals surface area (Å²) in [6.07, 6.45) is 8.59. The van der Waals surface area contributed by atoms with Gasteiger partial charge in [-0.05, 0) is 18.9 Å². The first kappa shape index (κ1) is 14.9. The third-order valence-corrected chi connectivity index (χ3v) is 4.73. The Morgan fingerprint density at radius 1 is 1.38 bits per heavy atom. The van der Waals surface area contributed by atoms with E-state index in [-0.39, 0.29) is 6.10 Å². The average molecular weight is 308 g/mol. The number of rotatable bonds is 4. The van der Waals surface area contributed by atoms with E-state index >= 15 is 0 Å². The molecule has 5 nitrogen and oxygen atoms in total. The Hall–Kier alpha value is -0.980. The van der Waals surface area contributed by atoms with Crippen molar-refractivity contribution < 1.29 is 4.74 Å². The number of aromatic nitrogens is 2. The topological polar surface area (TPSA) is 56.3 Å². The number of morpholine rings is 1. The van der Waals surface area contributed by atoms with Crippen LogP contribution in [0.25, 0.3) is 0 Å². The van der Waals surface area contributed by atoms with Crippen molar-refractivity contribution in [2.75, 3.05) is 19.7 Å². The number of nitrogens with zero attached hydrogens (tertiary/aromatic N) is 3. The van der Waals surface area contributed by atoms with Gasteiger partial charge in [0.1, 0.15) is 11.1 Å². The zero-order chi connectivity index (χ0) is 14.7. The zero-order valence-electron chi connectivity index (χ0n) is 12.4. The highest BCUT2D eigenvalue weighted by Crippen LogP contribution is 2.27. The van der Waals surface area contributed by atoms with Gasteiger partial charge >= 0.3 is 0 Å². The first-order valence-electron chi connectivity index (χ1n) is 7.89. The second-order valence-electron chi connectivity index (χ2n) is 6.08. The average Bonchev–Trinajstić information content (AvgIpc) is 2.97. The molecule has 1 unspecified atom stereocenters. The molecule has 1 atom stereocenters. The largest absolute Gasteiger partial charge is 0.391 e. The highest BCUT2D eigenvalue weighted by molar-refractivity contribution is 7.80. The van der Waals surface area contributed by atoms with E-state index in [1.807, 2.05) is 0 Å². The summed E-state index contributed by atoms with van der Waals surface area (Å²) < 4.78 is 7.74. The molecule has 1 aromatic rings. The van der Waals surface area contributed by atoms with Gasteiger partial charge in [0.15, 0.2) is 0 Å². The summed E-state index contributed by atoms with van der Waals surface area (Å²) >= 11 is 5.03. The molecule has 116 valence electrons. The molecule has 1 aromatic heterocycles. The lowest BCUT2D eigenvalue weighted by Crippen LogP contribution is -2.47. The molecule has 1 aliphatic carbocycles. The Balaban J connectivity index is 1.57. The Morgan fingerprint density at radius 3 is 2.95 bits per heavy atom. The van der Waals surface area contributed by atoms with Crippen LogP contribution in [0.2, 0.25) is 0 Å². The van der Waals surface area contributed by atoms with Gasteiger partial charge < -0.3 is 10.5 Å². The number of nitrogens with two attached hydrogens (primary N) is 1. The minimum atomic E-state index is -0.116. The van der Waals surface area contributed by atoms with Crippen molar-refractivity contribution in [1.29, 1.82) is 0 Å². The molecular formula is C15H24N4OS. The number of ether oxygens (including phenoxy) is 1. The van der Waals surface area contributed by atoms with Gasteiger partial charge in [0.2, 0.25) is 0 Å². The third kappa shape index (κ3) is 3.81. The number of hydrogen-bond donors (Lipinski definition) is 1. The summed E-state index contributed by atoms with van der Waals surface area (Å²) in [6.45, 7) is 3.22. The summed E-state index contributed by atoms with van der Waals surface area (Å²) in [6, 6.07) is 2.74. The van der Waals surface area contributed by atoms with E-state index in [2.05, 4.69) is 21.8 Å². The van der Waals surface area contributed by atoms with Crippen LogP contribution in [-0.2, 0) is 11.3 Å². The van der Waals surface area contributed by atoms with E-state index in [0.29, 0.717) is 17.6 Å². The van der Waals surface area contributed by atoms with E-state index in [9.17, 15) is 0 Å². The molecule has 3 rings (SSSR count). The van der Waals surface area contributed by atoms with Crippen molar-refractivity contribution in [2.45, 2.75) is 50.8 Å². The fourth-order valence-corrected chi connectivity index (χ4v) is 3.40. The van der Waals surface area contributed by atoms with Gasteiger partial charge in [0.05, 0.1) is 18.3 Å². The van der Waals surface area contributed by atoms with Crippen molar-refractivity contribution in [2.24, 2.45) is 5.73 Å². The van der Waals surface area contributed by atoms with Gasteiger partial charge in [-0.1, -0.05) is 31.5 Å². The molecular weight excluding hydrogens is 284 g/mol. The molecule has 2 fully saturated rings. The predicted octanol–water partition coefficient (Wildman–Crippen LogP) is 1.88. The molecule has 2 N–H and O–H groups in total. The maximum Gasteiger partial charge on any atom is 0.120 e. The lowest BCUT2D eigenvalue weighted by Gasteiger charge is -2.31. The first-order valence-corrected chi connectivity index (χ1v) is 8.30. The Kier molecular flexibility index (Phi) is 4.87. The van der Waals surface area contributed by atoms with Crippen molar-refractivity contribution in [1.82, 2.24) is 14.7 Å². The van der Waals surface area contributed by atoms with Crippen molar-refractivity contribution in [3.8, 4) is 0 Å². The van der Waals surface area contributed by atoms with Gasteiger partial charge in [-0.2, -0.15) is 5.10 Å². The van der Waals surface area contributed by atoms with Crippen LogP contribution in [0.4, 0.5) is 0 Å². The standard InChI is InChI=1S/C15H24N4OS/c16-15(21)14-11-18(8-9-20-14)10-12-6-7-19(17-12)13-4-2-1-3-5-13/h6-7,13-14H,1-5,8-11H2,(H2,16,21). The Morgan fingerprint density at radius 2 is 2.19 bits per heavy atom. The first-order chi connectivity index (χ1) is 10.2. The van der Waals surface area contributed by atoms with Crippen LogP contribution >= 0.6 is 12.2 Å². The molecule has 1 saturated heterocycles. The lowest BCUT2D eigenvalue weighted by molar-refractivity contribution is 0.00336. The summed E-state index contributed by atoms with van der Waals surface area (Å²) in [5.74, 6) is 0. The van der Waals surface area contributed by atoms with Crippen molar-refractivity contribution >= 4 is 17.2 Å². The Bertz CT molecular complexity index is 484. The summed E-state index contributed by atoms with van der Waals surface area (Å²) in [7, 11) is 0. The van der Waals surface area contributed by atoms with E-state index in [0.717, 1.165) is 25.3 Å². The quantitative estimate of drug-likeness (QED) is 0.861. The minimum Gasteiger partial charge on any atom is -0.391 e. The van der Waals surface area contributed by atoms with Crippen LogP contribution in [0.15, 0.2) is 12.3 Å². The molecule has 0 bridgehead atoms. The molecule has 6 heteroatoms. The maximum atomic E-state index is 5.68. The Labute approximate surface area is 131 Å². The lowest BCUT2D eigenvalue weighted by atomic mass is 9.96. The number of hydrogen-bond acceptors (Lipinski definition) is 4. The van der Waals surface area contributed by atoms with Crippen molar-refractivity contribution in [3.63, 3.8) is 0 Å². The monoisotopic (exact) mass is 308 g/mol. The maximum absolute atomic E-state index is 5.68. The van der Waals surface area contributed by atoms with Gasteiger partial charge in [-0.3, -0.25) is 9.58 Å². The fourth-order valence-electron chi connectivity index (χ4n) is 3.26. The second-order valence-corrected chi connectivity index (χ2v) is 6.55. The van der Waals surface area contributed by atoms with E-state index in [4.69, 9.17) is 27.8 Å². The second kappa shape index (κ2) is 6.85. The van der Waals surface area contributed by atoms with Crippen LogP contribution in [0.1, 0.15) is 43.8 Å². The van der Waals surface area contributed by atoms with Gasteiger partial charge in [-0.15, -0.1) is 0 Å². The summed E-state index contributed by atoms with van der Waals surface area (Å²) in [5.41, 5.74) is 6.81. The molecule has 0 spiro atoms. The SMILES string of the molecule is NC(=S)C1CN(Cc2ccn(C3CCCCC3)n2)CCO1. The van der Waals surface area contributed by atoms with Gasteiger partial charge in [0.25, 0.3) is 0 Å². The highest BCUT2D eigenvalue weighted by atomic mass is 32.1. The van der Waals surface area contributed by atoms with E-state index in [1.165, 1.54) is 32.1 Å². The predicted molar refractivity (Wildman–Crippen MR) is 86.2 cm³/mol. The summed E-state index contributed by atoms with van der Waals surface area (Å²) in [5, 5.41) is 4.77. The molecule has 21 heavy (non-hydrogen) atoms. The molecule has 1 aliphatic heterocycles. The van der Waals surface area contributed by atoms with Gasteiger partial charge in [-0.25, -0.2) is 0 Å². The summed E-state index contributed by atoms with van der Waals surface area (Å²) in [4.78, 5) is 2.77.